The van der Waals surface area contributed by atoms with Crippen LogP contribution in [0.5, 0.6) is 0 Å². The molecule has 0 amide bonds. The predicted octanol–water partition coefficient (Wildman–Crippen LogP) is 4.04. The third-order valence-corrected chi connectivity index (χ3v) is 2.01. The van der Waals surface area contributed by atoms with Gasteiger partial charge in [-0.15, -0.1) is 0 Å². The largest absolute Gasteiger partial charge is 0.416 e. The molecule has 0 unspecified atom stereocenters. The molecule has 0 fully saturated rings. The lowest BCUT2D eigenvalue weighted by Crippen LogP contribution is -2.07. The molecule has 0 aromatic heterocycles. The molecule has 84 valence electrons. The fraction of sp³-hybridized carbons (Fsp3) is 0.455. The second kappa shape index (κ2) is 4.21. The lowest BCUT2D eigenvalue weighted by atomic mass is 10.0. The maximum atomic E-state index is 13.2. The van der Waals surface area contributed by atoms with E-state index in [1.54, 1.807) is 0 Å². The van der Waals surface area contributed by atoms with E-state index in [1.807, 2.05) is 13.8 Å². The maximum Gasteiger partial charge on any atom is 0.416 e. The van der Waals surface area contributed by atoms with Gasteiger partial charge in [0.05, 0.1) is 5.56 Å². The van der Waals surface area contributed by atoms with Gasteiger partial charge in [-0.25, -0.2) is 4.39 Å². The van der Waals surface area contributed by atoms with E-state index >= 15 is 0 Å². The quantitative estimate of drug-likeness (QED) is 0.660. The molecule has 1 aromatic carbocycles. The lowest BCUT2D eigenvalue weighted by molar-refractivity contribution is -0.137. The van der Waals surface area contributed by atoms with E-state index in [-0.39, 0.29) is 5.92 Å². The predicted molar refractivity (Wildman–Crippen MR) is 49.9 cm³/mol. The zero-order valence-electron chi connectivity index (χ0n) is 8.53. The zero-order valence-corrected chi connectivity index (χ0v) is 8.53. The van der Waals surface area contributed by atoms with Gasteiger partial charge < -0.3 is 0 Å². The monoisotopic (exact) mass is 220 g/mol. The fourth-order valence-corrected chi connectivity index (χ4v) is 1.33. The zero-order chi connectivity index (χ0) is 11.6. The van der Waals surface area contributed by atoms with Gasteiger partial charge in [0.2, 0.25) is 0 Å². The summed E-state index contributed by atoms with van der Waals surface area (Å²) in [6, 6.07) is 2.68. The Balaban J connectivity index is 2.98. The molecule has 15 heavy (non-hydrogen) atoms. The molecular weight excluding hydrogens is 208 g/mol. The first-order valence-electron chi connectivity index (χ1n) is 4.66. The molecule has 0 N–H and O–H groups in total. The Morgan fingerprint density at radius 3 is 2.20 bits per heavy atom. The van der Waals surface area contributed by atoms with Crippen molar-refractivity contribution in [3.05, 3.63) is 35.1 Å². The fourth-order valence-electron chi connectivity index (χ4n) is 1.33. The smallest absolute Gasteiger partial charge is 0.207 e. The van der Waals surface area contributed by atoms with Crippen LogP contribution in [0, 0.1) is 11.7 Å². The van der Waals surface area contributed by atoms with Crippen molar-refractivity contribution in [1.29, 1.82) is 0 Å². The summed E-state index contributed by atoms with van der Waals surface area (Å²) in [6.07, 6.45) is -4.03. The minimum absolute atomic E-state index is 0.219. The third kappa shape index (κ3) is 3.22. The molecule has 0 heterocycles. The molecule has 0 saturated heterocycles. The van der Waals surface area contributed by atoms with Crippen molar-refractivity contribution < 1.29 is 17.6 Å². The van der Waals surface area contributed by atoms with Crippen molar-refractivity contribution in [3.63, 3.8) is 0 Å². The second-order valence-corrected chi connectivity index (χ2v) is 3.90. The highest BCUT2D eigenvalue weighted by atomic mass is 19.4. The van der Waals surface area contributed by atoms with Gasteiger partial charge in [-0.2, -0.15) is 13.2 Å². The van der Waals surface area contributed by atoms with Gasteiger partial charge in [-0.1, -0.05) is 19.9 Å². The summed E-state index contributed by atoms with van der Waals surface area (Å²) in [5.41, 5.74) is -0.606. The number of halogens is 4. The van der Waals surface area contributed by atoms with Crippen LogP contribution in [0.1, 0.15) is 25.0 Å². The maximum absolute atomic E-state index is 13.2. The summed E-state index contributed by atoms with van der Waals surface area (Å²) in [6.45, 7) is 3.77. The average molecular weight is 220 g/mol. The topological polar surface area (TPSA) is 0 Å². The Labute approximate surface area is 85.9 Å². The molecule has 0 bridgehead atoms. The average Bonchev–Trinajstić information content (AvgIpc) is 2.05. The van der Waals surface area contributed by atoms with Gasteiger partial charge in [0.25, 0.3) is 0 Å². The van der Waals surface area contributed by atoms with Gasteiger partial charge in [-0.3, -0.25) is 0 Å². The van der Waals surface area contributed by atoms with Crippen LogP contribution in [0.15, 0.2) is 18.2 Å². The summed E-state index contributed by atoms with van der Waals surface area (Å²) < 4.78 is 49.8. The first-order valence-corrected chi connectivity index (χ1v) is 4.66. The minimum atomic E-state index is -4.47. The summed E-state index contributed by atoms with van der Waals surface area (Å²) >= 11 is 0. The molecule has 0 atom stereocenters. The van der Waals surface area contributed by atoms with Crippen LogP contribution in [0.25, 0.3) is 0 Å². The Morgan fingerprint density at radius 1 is 1.20 bits per heavy atom. The van der Waals surface area contributed by atoms with Crippen LogP contribution in [-0.2, 0) is 12.6 Å². The summed E-state index contributed by atoms with van der Waals surface area (Å²) in [7, 11) is 0. The standard InChI is InChI=1S/C11H12F4/c1-7(2)5-8-3-4-9(6-10(8)12)11(13,14)15/h3-4,6-7H,5H2,1-2H3. The third-order valence-electron chi connectivity index (χ3n) is 2.01. The summed E-state index contributed by atoms with van der Waals surface area (Å²) in [5.74, 6) is -0.560. The van der Waals surface area contributed by atoms with Crippen molar-refractivity contribution in [2.75, 3.05) is 0 Å². The highest BCUT2D eigenvalue weighted by Crippen LogP contribution is 2.30. The first-order chi connectivity index (χ1) is 6.80. The summed E-state index contributed by atoms with van der Waals surface area (Å²) in [5, 5.41) is 0. The molecule has 0 radical (unpaired) electrons. The van der Waals surface area contributed by atoms with Gasteiger partial charge in [0.1, 0.15) is 5.82 Å². The summed E-state index contributed by atoms with van der Waals surface area (Å²) in [4.78, 5) is 0. The number of hydrogen-bond donors (Lipinski definition) is 0. The molecule has 0 spiro atoms. The molecule has 0 nitrogen and oxygen atoms in total. The van der Waals surface area contributed by atoms with E-state index < -0.39 is 17.6 Å². The molecule has 1 aromatic rings. The van der Waals surface area contributed by atoms with E-state index in [0.29, 0.717) is 18.1 Å². The Morgan fingerprint density at radius 2 is 1.80 bits per heavy atom. The van der Waals surface area contributed by atoms with Gasteiger partial charge in [0.15, 0.2) is 0 Å². The lowest BCUT2D eigenvalue weighted by Gasteiger charge is -2.10. The normalized spacial score (nSPS) is 12.2. The Bertz CT molecular complexity index is 339. The molecule has 1 rings (SSSR count). The number of hydrogen-bond acceptors (Lipinski definition) is 0. The van der Waals surface area contributed by atoms with E-state index in [2.05, 4.69) is 0 Å². The van der Waals surface area contributed by atoms with Crippen LogP contribution in [0.2, 0.25) is 0 Å². The van der Waals surface area contributed by atoms with Crippen LogP contribution in [0.4, 0.5) is 17.6 Å². The van der Waals surface area contributed by atoms with Crippen molar-refractivity contribution in [2.45, 2.75) is 26.4 Å². The molecule has 0 aliphatic rings. The van der Waals surface area contributed by atoms with Crippen molar-refractivity contribution >= 4 is 0 Å². The van der Waals surface area contributed by atoms with E-state index in [4.69, 9.17) is 0 Å². The van der Waals surface area contributed by atoms with Crippen molar-refractivity contribution in [3.8, 4) is 0 Å². The number of benzene rings is 1. The van der Waals surface area contributed by atoms with Crippen LogP contribution >= 0.6 is 0 Å². The van der Waals surface area contributed by atoms with E-state index in [9.17, 15) is 17.6 Å². The van der Waals surface area contributed by atoms with Crippen molar-refractivity contribution in [1.82, 2.24) is 0 Å². The van der Waals surface area contributed by atoms with Gasteiger partial charge in [-0.05, 0) is 30.0 Å². The van der Waals surface area contributed by atoms with E-state index in [0.717, 1.165) is 6.07 Å². The minimum Gasteiger partial charge on any atom is -0.207 e. The van der Waals surface area contributed by atoms with Crippen LogP contribution in [0.3, 0.4) is 0 Å². The van der Waals surface area contributed by atoms with Gasteiger partial charge >= 0.3 is 6.18 Å². The highest BCUT2D eigenvalue weighted by Gasteiger charge is 2.31. The second-order valence-electron chi connectivity index (χ2n) is 3.90. The van der Waals surface area contributed by atoms with Crippen LogP contribution < -0.4 is 0 Å². The Hall–Kier alpha value is -1.06. The number of rotatable bonds is 2. The highest BCUT2D eigenvalue weighted by molar-refractivity contribution is 5.26. The molecule has 0 aliphatic heterocycles. The molecule has 0 aliphatic carbocycles. The van der Waals surface area contributed by atoms with Gasteiger partial charge in [0, 0.05) is 0 Å². The SMILES string of the molecule is CC(C)Cc1ccc(C(F)(F)F)cc1F. The van der Waals surface area contributed by atoms with Crippen molar-refractivity contribution in [2.24, 2.45) is 5.92 Å². The molecule has 0 saturated carbocycles. The Kier molecular flexibility index (Phi) is 3.37. The molecular formula is C11H12F4. The van der Waals surface area contributed by atoms with E-state index in [1.165, 1.54) is 6.07 Å². The van der Waals surface area contributed by atoms with Crippen LogP contribution in [-0.4, -0.2) is 0 Å². The molecule has 4 heteroatoms. The first kappa shape index (κ1) is 12.0. The number of alkyl halides is 3.